The number of aromatic nitrogens is 2. The summed E-state index contributed by atoms with van der Waals surface area (Å²) >= 11 is 0. The summed E-state index contributed by atoms with van der Waals surface area (Å²) in [7, 11) is -3.87. The number of rotatable bonds is 6. The summed E-state index contributed by atoms with van der Waals surface area (Å²) in [5.41, 5.74) is 0.801. The van der Waals surface area contributed by atoms with Crippen LogP contribution in [0.5, 0.6) is 0 Å². The molecule has 0 aliphatic carbocycles. The maximum atomic E-state index is 11.2. The second-order valence-electron chi connectivity index (χ2n) is 3.28. The number of hydrogen-bond acceptors (Lipinski definition) is 4. The number of H-pyrrole nitrogens is 1. The average Bonchev–Trinajstić information content (AvgIpc) is 2.49. The Morgan fingerprint density at radius 2 is 2.31 bits per heavy atom. The zero-order valence-corrected chi connectivity index (χ0v) is 9.54. The van der Waals surface area contributed by atoms with Crippen LogP contribution in [0.3, 0.4) is 0 Å². The van der Waals surface area contributed by atoms with Gasteiger partial charge in [-0.05, 0) is 6.42 Å². The second-order valence-corrected chi connectivity index (χ2v) is 5.01. The second kappa shape index (κ2) is 4.97. The summed E-state index contributed by atoms with van der Waals surface area (Å²) in [6.45, 7) is 1.98. The van der Waals surface area contributed by atoms with Crippen LogP contribution in [0.15, 0.2) is 6.07 Å². The highest BCUT2D eigenvalue weighted by molar-refractivity contribution is 7.93. The van der Waals surface area contributed by atoms with Gasteiger partial charge in [0.25, 0.3) is 0 Å². The van der Waals surface area contributed by atoms with E-state index in [1.54, 1.807) is 6.07 Å². The molecule has 0 aromatic carbocycles. The van der Waals surface area contributed by atoms with E-state index in [0.717, 1.165) is 18.5 Å². The minimum absolute atomic E-state index is 0.115. The van der Waals surface area contributed by atoms with Gasteiger partial charge in [0.05, 0.1) is 0 Å². The van der Waals surface area contributed by atoms with E-state index in [1.165, 1.54) is 0 Å². The predicted octanol–water partition coefficient (Wildman–Crippen LogP) is 0.188. The zero-order valence-electron chi connectivity index (χ0n) is 8.73. The van der Waals surface area contributed by atoms with Gasteiger partial charge in [0, 0.05) is 11.8 Å². The molecule has 3 N–H and O–H groups in total. The van der Waals surface area contributed by atoms with Crippen LogP contribution in [0.1, 0.15) is 19.0 Å². The van der Waals surface area contributed by atoms with Crippen LogP contribution < -0.4 is 4.72 Å². The Morgan fingerprint density at radius 3 is 2.88 bits per heavy atom. The lowest BCUT2D eigenvalue weighted by atomic mass is 10.2. The number of carboxylic acid groups (broad SMARTS) is 1. The molecule has 16 heavy (non-hydrogen) atoms. The number of hydrogen-bond donors (Lipinski definition) is 3. The Hall–Kier alpha value is -1.57. The van der Waals surface area contributed by atoms with E-state index in [2.05, 4.69) is 14.9 Å². The molecule has 0 aliphatic rings. The molecule has 0 unspecified atom stereocenters. The first-order chi connectivity index (χ1) is 7.43. The van der Waals surface area contributed by atoms with E-state index in [4.69, 9.17) is 5.11 Å². The van der Waals surface area contributed by atoms with E-state index >= 15 is 0 Å². The summed E-state index contributed by atoms with van der Waals surface area (Å²) in [6, 6.07) is 1.54. The summed E-state index contributed by atoms with van der Waals surface area (Å²) < 4.78 is 24.5. The molecule has 7 nitrogen and oxygen atoms in total. The molecule has 0 aliphatic heterocycles. The van der Waals surface area contributed by atoms with Crippen molar-refractivity contribution in [3.8, 4) is 0 Å². The first kappa shape index (κ1) is 12.5. The molecule has 0 saturated carbocycles. The number of carboxylic acids is 1. The van der Waals surface area contributed by atoms with Crippen LogP contribution >= 0.6 is 0 Å². The maximum Gasteiger partial charge on any atom is 0.320 e. The Morgan fingerprint density at radius 1 is 1.62 bits per heavy atom. The van der Waals surface area contributed by atoms with Crippen molar-refractivity contribution in [1.82, 2.24) is 10.2 Å². The molecule has 1 aromatic heterocycles. The smallest absolute Gasteiger partial charge is 0.320 e. The highest BCUT2D eigenvalue weighted by Gasteiger charge is 2.16. The van der Waals surface area contributed by atoms with Crippen molar-refractivity contribution in [3.63, 3.8) is 0 Å². The highest BCUT2D eigenvalue weighted by Crippen LogP contribution is 2.09. The van der Waals surface area contributed by atoms with Crippen molar-refractivity contribution in [2.24, 2.45) is 0 Å². The van der Waals surface area contributed by atoms with Crippen LogP contribution in [0.25, 0.3) is 0 Å². The van der Waals surface area contributed by atoms with Gasteiger partial charge in [-0.2, -0.15) is 5.10 Å². The molecule has 90 valence electrons. The first-order valence-corrected chi connectivity index (χ1v) is 6.34. The third-order valence-electron chi connectivity index (χ3n) is 1.72. The van der Waals surface area contributed by atoms with Gasteiger partial charge in [0.2, 0.25) is 10.0 Å². The Balaban J connectivity index is 2.69. The molecule has 0 radical (unpaired) electrons. The summed E-state index contributed by atoms with van der Waals surface area (Å²) in [4.78, 5) is 10.3. The Bertz CT molecular complexity index is 465. The van der Waals surface area contributed by atoms with Crippen LogP contribution in [-0.2, 0) is 21.2 Å². The highest BCUT2D eigenvalue weighted by atomic mass is 32.2. The summed E-state index contributed by atoms with van der Waals surface area (Å²) in [5.74, 6) is -2.26. The van der Waals surface area contributed by atoms with Crippen LogP contribution in [0, 0.1) is 0 Å². The molecule has 0 saturated heterocycles. The van der Waals surface area contributed by atoms with Gasteiger partial charge in [-0.25, -0.2) is 8.42 Å². The van der Waals surface area contributed by atoms with Gasteiger partial charge in [-0.15, -0.1) is 0 Å². The lowest BCUT2D eigenvalue weighted by Crippen LogP contribution is -2.22. The summed E-state index contributed by atoms with van der Waals surface area (Å²) in [5, 5.41) is 14.7. The molecular formula is C8H13N3O4S. The lowest BCUT2D eigenvalue weighted by Gasteiger charge is -2.00. The quantitative estimate of drug-likeness (QED) is 0.664. The fourth-order valence-electron chi connectivity index (χ4n) is 1.17. The molecule has 1 heterocycles. The molecular weight excluding hydrogens is 234 g/mol. The number of nitrogens with zero attached hydrogens (tertiary/aromatic N) is 1. The lowest BCUT2D eigenvalue weighted by molar-refractivity contribution is -0.134. The third kappa shape index (κ3) is 3.89. The molecule has 1 rings (SSSR count). The van der Waals surface area contributed by atoms with Gasteiger partial charge in [-0.3, -0.25) is 14.6 Å². The number of aliphatic carboxylic acids is 1. The predicted molar refractivity (Wildman–Crippen MR) is 57.6 cm³/mol. The molecule has 0 atom stereocenters. The standard InChI is InChI=1S/C8H13N3O4S/c1-2-3-6-4-7(10-9-6)11-16(14,15)5-8(12)13/h4H,2-3,5H2,1H3,(H,12,13)(H2,9,10,11). The van der Waals surface area contributed by atoms with E-state index in [0.29, 0.717) is 0 Å². The largest absolute Gasteiger partial charge is 0.480 e. The Labute approximate surface area is 92.9 Å². The van der Waals surface area contributed by atoms with Crippen molar-refractivity contribution in [1.29, 1.82) is 0 Å². The normalized spacial score (nSPS) is 11.3. The van der Waals surface area contributed by atoms with Crippen molar-refractivity contribution in [2.45, 2.75) is 19.8 Å². The average molecular weight is 247 g/mol. The third-order valence-corrected chi connectivity index (χ3v) is 2.87. The number of aryl methyl sites for hydroxylation is 1. The molecule has 1 aromatic rings. The van der Waals surface area contributed by atoms with Gasteiger partial charge >= 0.3 is 5.97 Å². The van der Waals surface area contributed by atoms with Gasteiger partial charge in [0.15, 0.2) is 11.6 Å². The summed E-state index contributed by atoms with van der Waals surface area (Å²) in [6.07, 6.45) is 1.66. The van der Waals surface area contributed by atoms with Crippen LogP contribution in [-0.4, -0.2) is 35.4 Å². The van der Waals surface area contributed by atoms with E-state index in [1.807, 2.05) is 6.92 Å². The number of carbonyl (C=O) groups is 1. The van der Waals surface area contributed by atoms with Crippen molar-refractivity contribution >= 4 is 21.8 Å². The van der Waals surface area contributed by atoms with Crippen molar-refractivity contribution in [3.05, 3.63) is 11.8 Å². The minimum atomic E-state index is -3.87. The molecule has 8 heteroatoms. The molecule has 0 amide bonds. The van der Waals surface area contributed by atoms with E-state index in [9.17, 15) is 13.2 Å². The number of anilines is 1. The monoisotopic (exact) mass is 247 g/mol. The van der Waals surface area contributed by atoms with Gasteiger partial charge < -0.3 is 5.11 Å². The van der Waals surface area contributed by atoms with Gasteiger partial charge in [-0.1, -0.05) is 13.3 Å². The van der Waals surface area contributed by atoms with Crippen molar-refractivity contribution in [2.75, 3.05) is 10.5 Å². The molecule has 0 bridgehead atoms. The number of nitrogens with one attached hydrogen (secondary N) is 2. The van der Waals surface area contributed by atoms with Crippen LogP contribution in [0.4, 0.5) is 5.82 Å². The Kier molecular flexibility index (Phi) is 3.88. The van der Waals surface area contributed by atoms with E-state index in [-0.39, 0.29) is 5.82 Å². The van der Waals surface area contributed by atoms with Crippen molar-refractivity contribution < 1.29 is 18.3 Å². The topological polar surface area (TPSA) is 112 Å². The molecule has 0 spiro atoms. The maximum absolute atomic E-state index is 11.2. The number of aromatic amines is 1. The van der Waals surface area contributed by atoms with Crippen LogP contribution in [0.2, 0.25) is 0 Å². The SMILES string of the molecule is CCCc1cc(NS(=O)(=O)CC(=O)O)n[nH]1. The molecule has 0 fully saturated rings. The minimum Gasteiger partial charge on any atom is -0.480 e. The first-order valence-electron chi connectivity index (χ1n) is 4.69. The number of sulfonamides is 1. The van der Waals surface area contributed by atoms with E-state index < -0.39 is 21.7 Å². The zero-order chi connectivity index (χ0) is 12.2. The fourth-order valence-corrected chi connectivity index (χ4v) is 1.99. The fraction of sp³-hybridized carbons (Fsp3) is 0.500. The van der Waals surface area contributed by atoms with Gasteiger partial charge in [0.1, 0.15) is 0 Å².